The van der Waals surface area contributed by atoms with E-state index in [1.807, 2.05) is 17.5 Å². The van der Waals surface area contributed by atoms with Crippen molar-refractivity contribution in [2.75, 3.05) is 6.61 Å². The minimum Gasteiger partial charge on any atom is -0.871 e. The van der Waals surface area contributed by atoms with Crippen LogP contribution in [0.2, 0.25) is 0 Å². The Kier molecular flexibility index (Phi) is 6.32. The first-order valence-corrected chi connectivity index (χ1v) is 12.1. The van der Waals surface area contributed by atoms with Crippen LogP contribution in [0.4, 0.5) is 5.69 Å². The lowest BCUT2D eigenvalue weighted by Crippen LogP contribution is -2.39. The molecule has 0 spiro atoms. The van der Waals surface area contributed by atoms with Crippen molar-refractivity contribution >= 4 is 56.3 Å². The van der Waals surface area contributed by atoms with Crippen LogP contribution in [-0.4, -0.2) is 22.1 Å². The third-order valence-electron chi connectivity index (χ3n) is 4.88. The number of ether oxygens (including phenoxy) is 1. The second-order valence-corrected chi connectivity index (χ2v) is 9.76. The number of nitrogens with zero attached hydrogens (tertiary/aromatic N) is 3. The molecule has 2 aromatic heterocycles. The highest BCUT2D eigenvalue weighted by Gasteiger charge is 2.33. The van der Waals surface area contributed by atoms with Crippen molar-refractivity contribution in [3.8, 4) is 5.75 Å². The molecular weight excluding hydrogens is 534 g/mol. The third kappa shape index (κ3) is 4.16. The molecular formula is C21H15BrN3O6S2-. The molecule has 0 unspecified atom stereocenters. The Morgan fingerprint density at radius 3 is 2.82 bits per heavy atom. The van der Waals surface area contributed by atoms with Crippen LogP contribution in [-0.2, 0) is 9.53 Å². The smallest absolute Gasteiger partial charge is 0.338 e. The van der Waals surface area contributed by atoms with E-state index in [-0.39, 0.29) is 32.4 Å². The highest BCUT2D eigenvalue weighted by atomic mass is 79.9. The Labute approximate surface area is 202 Å². The Morgan fingerprint density at radius 2 is 2.18 bits per heavy atom. The van der Waals surface area contributed by atoms with E-state index in [0.29, 0.717) is 10.5 Å². The van der Waals surface area contributed by atoms with Gasteiger partial charge in [0.25, 0.3) is 11.2 Å². The molecule has 0 aliphatic carbocycles. The summed E-state index contributed by atoms with van der Waals surface area (Å²) >= 11 is 5.47. The first-order valence-electron chi connectivity index (χ1n) is 9.61. The number of hydrogen-bond acceptors (Lipinski definition) is 9. The SMILES string of the molecule is CCOC(=O)C1=C(C)N=c2s/c(=C\c3cc([N+](=O)[O-])cc(Br)c3[O-])c(=O)n2[C@@H]1c1cccs1. The van der Waals surface area contributed by atoms with E-state index in [1.165, 1.54) is 22.0 Å². The molecule has 0 fully saturated rings. The number of thiazole rings is 1. The van der Waals surface area contributed by atoms with Gasteiger partial charge in [-0.3, -0.25) is 19.5 Å². The second kappa shape index (κ2) is 9.04. The topological polar surface area (TPSA) is 127 Å². The van der Waals surface area contributed by atoms with Gasteiger partial charge in [-0.2, -0.15) is 0 Å². The monoisotopic (exact) mass is 548 g/mol. The zero-order chi connectivity index (χ0) is 23.9. The van der Waals surface area contributed by atoms with Crippen molar-refractivity contribution < 1.29 is 19.6 Å². The number of halogens is 1. The Bertz CT molecular complexity index is 1490. The molecule has 0 radical (unpaired) electrons. The van der Waals surface area contributed by atoms with Crippen molar-refractivity contribution in [1.29, 1.82) is 0 Å². The molecule has 12 heteroatoms. The van der Waals surface area contributed by atoms with E-state index in [4.69, 9.17) is 4.74 Å². The minimum absolute atomic E-state index is 0.00431. The maximum atomic E-state index is 13.4. The van der Waals surface area contributed by atoms with Crippen molar-refractivity contribution in [2.24, 2.45) is 4.99 Å². The van der Waals surface area contributed by atoms with E-state index in [1.54, 1.807) is 13.8 Å². The largest absolute Gasteiger partial charge is 0.871 e. The molecule has 3 heterocycles. The van der Waals surface area contributed by atoms with Crippen molar-refractivity contribution in [3.63, 3.8) is 0 Å². The molecule has 1 atom stereocenters. The number of carbonyl (C=O) groups is 1. The maximum Gasteiger partial charge on any atom is 0.338 e. The number of hydrogen-bond donors (Lipinski definition) is 0. The highest BCUT2D eigenvalue weighted by molar-refractivity contribution is 9.10. The van der Waals surface area contributed by atoms with Gasteiger partial charge in [0.15, 0.2) is 4.80 Å². The lowest BCUT2D eigenvalue weighted by Gasteiger charge is -2.23. The van der Waals surface area contributed by atoms with Crippen LogP contribution in [0.25, 0.3) is 6.08 Å². The van der Waals surface area contributed by atoms with Gasteiger partial charge in [-0.15, -0.1) is 11.3 Å². The number of allylic oxidation sites excluding steroid dienone is 1. The summed E-state index contributed by atoms with van der Waals surface area (Å²) in [5, 5.41) is 25.6. The summed E-state index contributed by atoms with van der Waals surface area (Å²) in [7, 11) is 0. The molecule has 1 aliphatic rings. The third-order valence-corrected chi connectivity index (χ3v) is 7.38. The average molecular weight is 549 g/mol. The predicted octanol–water partition coefficient (Wildman–Crippen LogP) is 2.60. The molecule has 1 aromatic carbocycles. The van der Waals surface area contributed by atoms with E-state index in [2.05, 4.69) is 20.9 Å². The summed E-state index contributed by atoms with van der Waals surface area (Å²) in [6, 6.07) is 5.14. The minimum atomic E-state index is -0.731. The van der Waals surface area contributed by atoms with E-state index in [0.717, 1.165) is 28.3 Å². The van der Waals surface area contributed by atoms with Crippen LogP contribution in [0, 0.1) is 10.1 Å². The van der Waals surface area contributed by atoms with E-state index >= 15 is 0 Å². The normalized spacial score (nSPS) is 15.8. The zero-order valence-corrected chi connectivity index (χ0v) is 20.5. The quantitative estimate of drug-likeness (QED) is 0.274. The van der Waals surface area contributed by atoms with Gasteiger partial charge >= 0.3 is 5.97 Å². The second-order valence-electron chi connectivity index (χ2n) is 6.92. The predicted molar refractivity (Wildman–Crippen MR) is 125 cm³/mol. The molecule has 3 aromatic rings. The molecule has 9 nitrogen and oxygen atoms in total. The Morgan fingerprint density at radius 1 is 1.42 bits per heavy atom. The zero-order valence-electron chi connectivity index (χ0n) is 17.2. The van der Waals surface area contributed by atoms with Crippen LogP contribution in [0.15, 0.2) is 55.2 Å². The van der Waals surface area contributed by atoms with Crippen LogP contribution in [0.5, 0.6) is 5.75 Å². The molecule has 0 saturated heterocycles. The molecule has 0 amide bonds. The number of benzene rings is 1. The number of non-ortho nitro benzene ring substituents is 1. The van der Waals surface area contributed by atoms with E-state index in [9.17, 15) is 24.8 Å². The summed E-state index contributed by atoms with van der Waals surface area (Å²) in [6.07, 6.45) is 1.32. The molecule has 33 heavy (non-hydrogen) atoms. The van der Waals surface area contributed by atoms with Crippen LogP contribution < -0.4 is 20.0 Å². The number of nitro groups is 1. The fourth-order valence-electron chi connectivity index (χ4n) is 3.46. The van der Waals surface area contributed by atoms with Gasteiger partial charge < -0.3 is 9.84 Å². The summed E-state index contributed by atoms with van der Waals surface area (Å²) in [6.45, 7) is 3.54. The number of esters is 1. The van der Waals surface area contributed by atoms with Crippen LogP contribution in [0.1, 0.15) is 30.3 Å². The summed E-state index contributed by atoms with van der Waals surface area (Å²) in [5.41, 5.74) is -0.0515. The molecule has 170 valence electrons. The standard InChI is InChI=1S/C21H16BrN3O6S2/c1-3-31-20(28)16-10(2)23-21-24(17(16)14-5-4-6-32-14)19(27)15(33-21)8-11-7-12(25(29)30)9-13(22)18(11)26/h4-9,17,26H,3H2,1-2H3/p-1/b15-8-/t17-/m1/s1. The number of carbonyl (C=O) groups excluding carboxylic acids is 1. The van der Waals surface area contributed by atoms with E-state index < -0.39 is 28.2 Å². The number of fused-ring (bicyclic) bond motifs is 1. The molecule has 0 saturated carbocycles. The maximum absolute atomic E-state index is 13.4. The summed E-state index contributed by atoms with van der Waals surface area (Å²) in [4.78, 5) is 42.3. The van der Waals surface area contributed by atoms with Gasteiger partial charge in [-0.05, 0) is 36.9 Å². The lowest BCUT2D eigenvalue weighted by molar-refractivity contribution is -0.385. The van der Waals surface area contributed by atoms with Crippen molar-refractivity contribution in [2.45, 2.75) is 19.9 Å². The lowest BCUT2D eigenvalue weighted by atomic mass is 10.0. The number of thiophene rings is 1. The average Bonchev–Trinajstić information content (AvgIpc) is 3.39. The van der Waals surface area contributed by atoms with Crippen molar-refractivity contribution in [1.82, 2.24) is 4.57 Å². The summed E-state index contributed by atoms with van der Waals surface area (Å²) < 4.78 is 6.81. The van der Waals surface area contributed by atoms with Crippen LogP contribution in [0.3, 0.4) is 0 Å². The van der Waals surface area contributed by atoms with Gasteiger partial charge in [-0.1, -0.05) is 39.1 Å². The van der Waals surface area contributed by atoms with Gasteiger partial charge in [0, 0.05) is 21.5 Å². The fourth-order valence-corrected chi connectivity index (χ4v) is 5.79. The number of aromatic nitrogens is 1. The fraction of sp³-hybridized carbons (Fsp3) is 0.190. The summed E-state index contributed by atoms with van der Waals surface area (Å²) in [5.74, 6) is -1.04. The molecule has 0 bridgehead atoms. The van der Waals surface area contributed by atoms with Gasteiger partial charge in [0.05, 0.1) is 27.3 Å². The molecule has 4 rings (SSSR count). The number of rotatable bonds is 5. The first kappa shape index (κ1) is 23.1. The number of nitro benzene ring substituents is 1. The molecule has 1 aliphatic heterocycles. The van der Waals surface area contributed by atoms with Gasteiger partial charge in [0.1, 0.15) is 6.04 Å². The van der Waals surface area contributed by atoms with Gasteiger partial charge in [-0.25, -0.2) is 9.79 Å². The molecule has 0 N–H and O–H groups in total. The van der Waals surface area contributed by atoms with Crippen molar-refractivity contribution in [3.05, 3.63) is 85.6 Å². The first-order chi connectivity index (χ1) is 15.7. The van der Waals surface area contributed by atoms with Crippen LogP contribution >= 0.6 is 38.6 Å². The highest BCUT2D eigenvalue weighted by Crippen LogP contribution is 2.33. The van der Waals surface area contributed by atoms with Gasteiger partial charge in [0.2, 0.25) is 0 Å². The Balaban J connectivity index is 1.96. The Hall–Kier alpha value is -3.09.